The summed E-state index contributed by atoms with van der Waals surface area (Å²) in [6.07, 6.45) is 0. The lowest BCUT2D eigenvalue weighted by atomic mass is 9.97. The minimum atomic E-state index is -0.0855. The van der Waals surface area contributed by atoms with Crippen LogP contribution in [0.15, 0.2) is 24.3 Å². The zero-order chi connectivity index (χ0) is 15.4. The molecule has 0 spiro atoms. The molecule has 1 unspecified atom stereocenters. The lowest BCUT2D eigenvalue weighted by molar-refractivity contribution is 0.389. The average Bonchev–Trinajstić information content (AvgIpc) is 2.52. The van der Waals surface area contributed by atoms with Crippen molar-refractivity contribution in [2.45, 2.75) is 19.9 Å². The van der Waals surface area contributed by atoms with Crippen LogP contribution in [0, 0.1) is 13.8 Å². The van der Waals surface area contributed by atoms with Gasteiger partial charge in [0.15, 0.2) is 0 Å². The molecule has 0 bridgehead atoms. The van der Waals surface area contributed by atoms with E-state index in [1.165, 1.54) is 5.56 Å². The molecule has 1 N–H and O–H groups in total. The van der Waals surface area contributed by atoms with E-state index in [4.69, 9.17) is 9.47 Å². The van der Waals surface area contributed by atoms with Crippen molar-refractivity contribution >= 4 is 0 Å². The third kappa shape index (κ3) is 2.97. The van der Waals surface area contributed by atoms with Gasteiger partial charge in [-0.15, -0.1) is 10.2 Å². The molecule has 2 rings (SSSR count). The molecule has 0 aliphatic carbocycles. The Morgan fingerprint density at radius 2 is 1.76 bits per heavy atom. The predicted octanol–water partition coefficient (Wildman–Crippen LogP) is 2.42. The fraction of sp³-hybridized carbons (Fsp3) is 0.375. The third-order valence-electron chi connectivity index (χ3n) is 3.68. The monoisotopic (exact) mass is 287 g/mol. The molecule has 112 valence electrons. The molecule has 0 aliphatic heterocycles. The van der Waals surface area contributed by atoms with Gasteiger partial charge in [0, 0.05) is 11.6 Å². The van der Waals surface area contributed by atoms with Crippen molar-refractivity contribution in [1.29, 1.82) is 0 Å². The molecule has 1 heterocycles. The van der Waals surface area contributed by atoms with Gasteiger partial charge in [-0.2, -0.15) is 0 Å². The second-order valence-electron chi connectivity index (χ2n) is 4.85. The standard InChI is InChI=1S/C16H21N3O2/c1-10-6-7-12(16(21-5)11(10)2)15(17-3)13-8-9-14(20-4)19-18-13/h6-9,15,17H,1-5H3. The Morgan fingerprint density at radius 1 is 1.00 bits per heavy atom. The van der Waals surface area contributed by atoms with E-state index in [0.29, 0.717) is 5.88 Å². The van der Waals surface area contributed by atoms with Gasteiger partial charge in [-0.3, -0.25) is 0 Å². The van der Waals surface area contributed by atoms with Crippen LogP contribution in [-0.2, 0) is 0 Å². The first-order chi connectivity index (χ1) is 10.1. The number of benzene rings is 1. The van der Waals surface area contributed by atoms with Crippen molar-refractivity contribution in [3.8, 4) is 11.6 Å². The van der Waals surface area contributed by atoms with E-state index >= 15 is 0 Å². The van der Waals surface area contributed by atoms with Crippen LogP contribution in [0.2, 0.25) is 0 Å². The third-order valence-corrected chi connectivity index (χ3v) is 3.68. The highest BCUT2D eigenvalue weighted by Gasteiger charge is 2.20. The summed E-state index contributed by atoms with van der Waals surface area (Å²) in [7, 11) is 5.16. The van der Waals surface area contributed by atoms with Gasteiger partial charge in [-0.1, -0.05) is 12.1 Å². The Bertz CT molecular complexity index is 612. The second kappa shape index (κ2) is 6.54. The molecular weight excluding hydrogens is 266 g/mol. The number of methoxy groups -OCH3 is 2. The molecule has 1 atom stereocenters. The number of aromatic nitrogens is 2. The number of rotatable bonds is 5. The Kier molecular flexibility index (Phi) is 4.75. The summed E-state index contributed by atoms with van der Waals surface area (Å²) in [6, 6.07) is 7.78. The largest absolute Gasteiger partial charge is 0.496 e. The number of hydrogen-bond acceptors (Lipinski definition) is 5. The summed E-state index contributed by atoms with van der Waals surface area (Å²) in [4.78, 5) is 0. The summed E-state index contributed by atoms with van der Waals surface area (Å²) in [5.41, 5.74) is 4.20. The molecule has 0 saturated carbocycles. The second-order valence-corrected chi connectivity index (χ2v) is 4.85. The van der Waals surface area contributed by atoms with Crippen LogP contribution in [0.4, 0.5) is 0 Å². The first kappa shape index (κ1) is 15.3. The smallest absolute Gasteiger partial charge is 0.233 e. The van der Waals surface area contributed by atoms with Gasteiger partial charge < -0.3 is 14.8 Å². The predicted molar refractivity (Wildman–Crippen MR) is 82.0 cm³/mol. The van der Waals surface area contributed by atoms with E-state index in [0.717, 1.165) is 22.6 Å². The number of nitrogens with one attached hydrogen (secondary N) is 1. The number of hydrogen-bond donors (Lipinski definition) is 1. The van der Waals surface area contributed by atoms with Crippen LogP contribution >= 0.6 is 0 Å². The van der Waals surface area contributed by atoms with Gasteiger partial charge in [-0.25, -0.2) is 0 Å². The van der Waals surface area contributed by atoms with Gasteiger partial charge in [0.25, 0.3) is 0 Å². The minimum absolute atomic E-state index is 0.0855. The normalized spacial score (nSPS) is 12.0. The van der Waals surface area contributed by atoms with Gasteiger partial charge >= 0.3 is 0 Å². The highest BCUT2D eigenvalue weighted by atomic mass is 16.5. The molecular formula is C16H21N3O2. The zero-order valence-electron chi connectivity index (χ0n) is 13.1. The fourth-order valence-corrected chi connectivity index (χ4v) is 2.37. The van der Waals surface area contributed by atoms with Gasteiger partial charge in [0.2, 0.25) is 5.88 Å². The Balaban J connectivity index is 2.48. The van der Waals surface area contributed by atoms with Crippen LogP contribution in [0.3, 0.4) is 0 Å². The van der Waals surface area contributed by atoms with Crippen LogP contribution < -0.4 is 14.8 Å². The zero-order valence-corrected chi connectivity index (χ0v) is 13.1. The number of nitrogens with zero attached hydrogens (tertiary/aromatic N) is 2. The molecule has 0 saturated heterocycles. The summed E-state index contributed by atoms with van der Waals surface area (Å²) in [5, 5.41) is 11.5. The molecule has 0 radical (unpaired) electrons. The van der Waals surface area contributed by atoms with Crippen molar-refractivity contribution in [2.24, 2.45) is 0 Å². The van der Waals surface area contributed by atoms with Gasteiger partial charge in [0.05, 0.1) is 26.0 Å². The maximum absolute atomic E-state index is 5.59. The highest BCUT2D eigenvalue weighted by Crippen LogP contribution is 2.33. The summed E-state index contributed by atoms with van der Waals surface area (Å²) < 4.78 is 10.6. The molecule has 1 aromatic carbocycles. The average molecular weight is 287 g/mol. The van der Waals surface area contributed by atoms with Gasteiger partial charge in [-0.05, 0) is 38.1 Å². The lowest BCUT2D eigenvalue weighted by Gasteiger charge is -2.21. The van der Waals surface area contributed by atoms with E-state index in [-0.39, 0.29) is 6.04 Å². The van der Waals surface area contributed by atoms with E-state index < -0.39 is 0 Å². The number of aryl methyl sites for hydroxylation is 1. The van der Waals surface area contributed by atoms with E-state index in [2.05, 4.69) is 41.5 Å². The Labute approximate surface area is 125 Å². The maximum atomic E-state index is 5.59. The first-order valence-electron chi connectivity index (χ1n) is 6.81. The van der Waals surface area contributed by atoms with E-state index in [9.17, 15) is 0 Å². The van der Waals surface area contributed by atoms with Gasteiger partial charge in [0.1, 0.15) is 5.75 Å². The minimum Gasteiger partial charge on any atom is -0.496 e. The first-order valence-corrected chi connectivity index (χ1v) is 6.81. The molecule has 5 heteroatoms. The fourth-order valence-electron chi connectivity index (χ4n) is 2.37. The molecule has 5 nitrogen and oxygen atoms in total. The molecule has 0 fully saturated rings. The van der Waals surface area contributed by atoms with E-state index in [1.807, 2.05) is 13.1 Å². The van der Waals surface area contributed by atoms with Crippen LogP contribution in [0.1, 0.15) is 28.4 Å². The molecule has 1 aromatic heterocycles. The Hall–Kier alpha value is -2.14. The highest BCUT2D eigenvalue weighted by molar-refractivity contribution is 5.48. The van der Waals surface area contributed by atoms with Crippen LogP contribution in [-0.4, -0.2) is 31.5 Å². The van der Waals surface area contributed by atoms with Crippen molar-refractivity contribution in [3.05, 3.63) is 46.6 Å². The molecule has 0 amide bonds. The summed E-state index contributed by atoms with van der Waals surface area (Å²) in [5.74, 6) is 1.38. The van der Waals surface area contributed by atoms with Crippen molar-refractivity contribution < 1.29 is 9.47 Å². The van der Waals surface area contributed by atoms with Crippen molar-refractivity contribution in [2.75, 3.05) is 21.3 Å². The van der Waals surface area contributed by atoms with Crippen LogP contribution in [0.25, 0.3) is 0 Å². The van der Waals surface area contributed by atoms with Crippen LogP contribution in [0.5, 0.6) is 11.6 Å². The van der Waals surface area contributed by atoms with Crippen molar-refractivity contribution in [3.63, 3.8) is 0 Å². The lowest BCUT2D eigenvalue weighted by Crippen LogP contribution is -2.20. The maximum Gasteiger partial charge on any atom is 0.233 e. The van der Waals surface area contributed by atoms with Crippen molar-refractivity contribution in [1.82, 2.24) is 15.5 Å². The molecule has 2 aromatic rings. The topological polar surface area (TPSA) is 56.3 Å². The molecule has 0 aliphatic rings. The van der Waals surface area contributed by atoms with E-state index in [1.54, 1.807) is 20.3 Å². The summed E-state index contributed by atoms with van der Waals surface area (Å²) in [6.45, 7) is 4.13. The summed E-state index contributed by atoms with van der Waals surface area (Å²) >= 11 is 0. The quantitative estimate of drug-likeness (QED) is 0.915. The SMILES string of the molecule is CNC(c1ccc(OC)nn1)c1ccc(C)c(C)c1OC. The Morgan fingerprint density at radius 3 is 2.29 bits per heavy atom. The number of ether oxygens (including phenoxy) is 2. The molecule has 21 heavy (non-hydrogen) atoms.